The van der Waals surface area contributed by atoms with E-state index in [-0.39, 0.29) is 11.6 Å². The smallest absolute Gasteiger partial charge is 0.147 e. The summed E-state index contributed by atoms with van der Waals surface area (Å²) in [6.45, 7) is 1.61. The SMILES string of the molecule is N[C@H]1CCCN(c2cncc(-c3n[nH]c4ccc(-c5c(F)cccc5F)cc34)n2)C1. The van der Waals surface area contributed by atoms with Crippen LogP contribution in [0.25, 0.3) is 33.4 Å². The Bertz CT molecular complexity index is 1200. The van der Waals surface area contributed by atoms with E-state index < -0.39 is 11.6 Å². The minimum absolute atomic E-state index is 0.0614. The topological polar surface area (TPSA) is 83.7 Å². The van der Waals surface area contributed by atoms with Gasteiger partial charge in [-0.25, -0.2) is 13.8 Å². The van der Waals surface area contributed by atoms with E-state index in [9.17, 15) is 8.78 Å². The molecule has 1 fully saturated rings. The lowest BCUT2D eigenvalue weighted by Gasteiger charge is -2.31. The number of anilines is 1. The molecule has 8 heteroatoms. The molecule has 1 saturated heterocycles. The second-order valence-electron chi connectivity index (χ2n) is 7.54. The van der Waals surface area contributed by atoms with Crippen LogP contribution in [0.2, 0.25) is 0 Å². The van der Waals surface area contributed by atoms with Gasteiger partial charge in [0.2, 0.25) is 0 Å². The number of hydrogen-bond acceptors (Lipinski definition) is 5. The molecule has 30 heavy (non-hydrogen) atoms. The van der Waals surface area contributed by atoms with Crippen LogP contribution in [0.3, 0.4) is 0 Å². The second kappa shape index (κ2) is 7.46. The number of H-pyrrole nitrogens is 1. The van der Waals surface area contributed by atoms with Crippen LogP contribution in [0.4, 0.5) is 14.6 Å². The molecule has 0 spiro atoms. The van der Waals surface area contributed by atoms with Crippen molar-refractivity contribution in [3.8, 4) is 22.5 Å². The van der Waals surface area contributed by atoms with Gasteiger partial charge in [-0.05, 0) is 42.7 Å². The standard InChI is InChI=1S/C22H20F2N6/c23-16-4-1-5-17(24)21(16)13-6-7-18-15(9-13)22(29-28-18)19-10-26-11-20(27-19)30-8-2-3-14(25)12-30/h1,4-7,9-11,14H,2-3,8,12,25H2,(H,28,29)/t14-/m0/s1. The summed E-state index contributed by atoms with van der Waals surface area (Å²) < 4.78 is 28.5. The first-order chi connectivity index (χ1) is 14.6. The number of rotatable bonds is 3. The lowest BCUT2D eigenvalue weighted by Crippen LogP contribution is -2.43. The molecule has 2 aromatic heterocycles. The van der Waals surface area contributed by atoms with Crippen LogP contribution in [0.1, 0.15) is 12.8 Å². The van der Waals surface area contributed by atoms with Crippen molar-refractivity contribution in [3.05, 3.63) is 60.4 Å². The van der Waals surface area contributed by atoms with Gasteiger partial charge in [-0.1, -0.05) is 12.1 Å². The summed E-state index contributed by atoms with van der Waals surface area (Å²) in [4.78, 5) is 11.2. The van der Waals surface area contributed by atoms with Crippen molar-refractivity contribution in [2.24, 2.45) is 5.73 Å². The summed E-state index contributed by atoms with van der Waals surface area (Å²) in [5, 5.41) is 8.07. The molecule has 1 aliphatic rings. The fourth-order valence-electron chi connectivity index (χ4n) is 3.98. The summed E-state index contributed by atoms with van der Waals surface area (Å²) in [6, 6.07) is 9.11. The van der Waals surface area contributed by atoms with Gasteiger partial charge in [-0.3, -0.25) is 10.1 Å². The van der Waals surface area contributed by atoms with E-state index in [4.69, 9.17) is 10.7 Å². The lowest BCUT2D eigenvalue weighted by atomic mass is 10.0. The minimum Gasteiger partial charge on any atom is -0.354 e. The summed E-state index contributed by atoms with van der Waals surface area (Å²) in [7, 11) is 0. The van der Waals surface area contributed by atoms with Crippen LogP contribution < -0.4 is 10.6 Å². The monoisotopic (exact) mass is 406 g/mol. The zero-order valence-electron chi connectivity index (χ0n) is 16.1. The van der Waals surface area contributed by atoms with E-state index in [1.54, 1.807) is 30.6 Å². The minimum atomic E-state index is -0.609. The Morgan fingerprint density at radius 1 is 1.10 bits per heavy atom. The van der Waals surface area contributed by atoms with Crippen molar-refractivity contribution in [3.63, 3.8) is 0 Å². The van der Waals surface area contributed by atoms with Crippen molar-refractivity contribution >= 4 is 16.7 Å². The number of piperidine rings is 1. The van der Waals surface area contributed by atoms with Crippen LogP contribution in [0.5, 0.6) is 0 Å². The number of aromatic amines is 1. The quantitative estimate of drug-likeness (QED) is 0.539. The van der Waals surface area contributed by atoms with Crippen LogP contribution >= 0.6 is 0 Å². The molecule has 6 nitrogen and oxygen atoms in total. The molecule has 3 N–H and O–H groups in total. The van der Waals surface area contributed by atoms with Gasteiger partial charge < -0.3 is 10.6 Å². The number of nitrogens with one attached hydrogen (secondary N) is 1. The average molecular weight is 406 g/mol. The van der Waals surface area contributed by atoms with Crippen molar-refractivity contribution in [1.29, 1.82) is 0 Å². The molecule has 1 aliphatic heterocycles. The van der Waals surface area contributed by atoms with Crippen molar-refractivity contribution < 1.29 is 8.78 Å². The van der Waals surface area contributed by atoms with Crippen LogP contribution in [0, 0.1) is 11.6 Å². The fourth-order valence-corrected chi connectivity index (χ4v) is 3.98. The molecule has 0 aliphatic carbocycles. The van der Waals surface area contributed by atoms with Crippen molar-refractivity contribution in [1.82, 2.24) is 20.2 Å². The molecule has 0 saturated carbocycles. The summed E-state index contributed by atoms with van der Waals surface area (Å²) in [5.74, 6) is -0.472. The maximum atomic E-state index is 14.3. The third-order valence-corrected chi connectivity index (χ3v) is 5.46. The predicted octanol–water partition coefficient (Wildman–Crippen LogP) is 3.89. The van der Waals surface area contributed by atoms with E-state index in [0.29, 0.717) is 17.0 Å². The van der Waals surface area contributed by atoms with Crippen molar-refractivity contribution in [2.45, 2.75) is 18.9 Å². The Morgan fingerprint density at radius 3 is 2.73 bits per heavy atom. The largest absolute Gasteiger partial charge is 0.354 e. The molecular formula is C22H20F2N6. The van der Waals surface area contributed by atoms with Gasteiger partial charge in [0.05, 0.1) is 23.5 Å². The number of halogens is 2. The van der Waals surface area contributed by atoms with E-state index in [0.717, 1.165) is 42.7 Å². The Balaban J connectivity index is 1.58. The third kappa shape index (κ3) is 3.29. The van der Waals surface area contributed by atoms with Gasteiger partial charge in [0.25, 0.3) is 0 Å². The summed E-state index contributed by atoms with van der Waals surface area (Å²) in [5.41, 5.74) is 8.39. The molecule has 152 valence electrons. The first-order valence-electron chi connectivity index (χ1n) is 9.85. The molecule has 2 aromatic carbocycles. The molecule has 0 unspecified atom stereocenters. The number of fused-ring (bicyclic) bond motifs is 1. The van der Waals surface area contributed by atoms with E-state index in [2.05, 4.69) is 20.1 Å². The first kappa shape index (κ1) is 18.6. The molecule has 0 radical (unpaired) electrons. The van der Waals surface area contributed by atoms with Gasteiger partial charge in [0.15, 0.2) is 0 Å². The van der Waals surface area contributed by atoms with Gasteiger partial charge >= 0.3 is 0 Å². The highest BCUT2D eigenvalue weighted by molar-refractivity contribution is 5.95. The number of benzene rings is 2. The summed E-state index contributed by atoms with van der Waals surface area (Å²) >= 11 is 0. The zero-order valence-corrected chi connectivity index (χ0v) is 16.1. The number of nitrogens with zero attached hydrogens (tertiary/aromatic N) is 4. The first-order valence-corrected chi connectivity index (χ1v) is 9.85. The van der Waals surface area contributed by atoms with Gasteiger partial charge in [-0.15, -0.1) is 0 Å². The fraction of sp³-hybridized carbons (Fsp3) is 0.227. The lowest BCUT2D eigenvalue weighted by molar-refractivity contribution is 0.503. The zero-order chi connectivity index (χ0) is 20.7. The Hall–Kier alpha value is -3.39. The maximum absolute atomic E-state index is 14.3. The Morgan fingerprint density at radius 2 is 1.93 bits per heavy atom. The maximum Gasteiger partial charge on any atom is 0.147 e. The highest BCUT2D eigenvalue weighted by Gasteiger charge is 2.20. The van der Waals surface area contributed by atoms with E-state index in [1.165, 1.54) is 18.2 Å². The third-order valence-electron chi connectivity index (χ3n) is 5.46. The van der Waals surface area contributed by atoms with E-state index in [1.807, 2.05) is 0 Å². The number of nitrogens with two attached hydrogens (primary N) is 1. The van der Waals surface area contributed by atoms with Gasteiger partial charge in [0.1, 0.15) is 28.8 Å². The van der Waals surface area contributed by atoms with Crippen LogP contribution in [0.15, 0.2) is 48.8 Å². The molecule has 0 amide bonds. The van der Waals surface area contributed by atoms with Crippen LogP contribution in [-0.4, -0.2) is 39.3 Å². The van der Waals surface area contributed by atoms with E-state index >= 15 is 0 Å². The normalized spacial score (nSPS) is 16.9. The van der Waals surface area contributed by atoms with Crippen LogP contribution in [-0.2, 0) is 0 Å². The van der Waals surface area contributed by atoms with Crippen molar-refractivity contribution in [2.75, 3.05) is 18.0 Å². The molecule has 3 heterocycles. The molecule has 0 bridgehead atoms. The predicted molar refractivity (Wildman–Crippen MR) is 112 cm³/mol. The molecule has 4 aromatic rings. The highest BCUT2D eigenvalue weighted by atomic mass is 19.1. The Kier molecular flexibility index (Phi) is 4.63. The molecule has 1 atom stereocenters. The average Bonchev–Trinajstić information content (AvgIpc) is 3.17. The molecular weight excluding hydrogens is 386 g/mol. The summed E-state index contributed by atoms with van der Waals surface area (Å²) in [6.07, 6.45) is 5.37. The second-order valence-corrected chi connectivity index (χ2v) is 7.54. The van der Waals surface area contributed by atoms with Gasteiger partial charge in [0, 0.05) is 24.5 Å². The molecule has 5 rings (SSSR count). The Labute approximate surface area is 171 Å². The number of aromatic nitrogens is 4. The van der Waals surface area contributed by atoms with Gasteiger partial charge in [-0.2, -0.15) is 5.10 Å². The number of hydrogen-bond donors (Lipinski definition) is 2. The highest BCUT2D eigenvalue weighted by Crippen LogP contribution is 2.32.